The molecular weight excluding hydrogens is 392 g/mol. The molecule has 1 fully saturated rings. The zero-order chi connectivity index (χ0) is 22.4. The number of carbonyl (C=O) groups excluding carboxylic acids is 2. The Balaban J connectivity index is 1.67. The van der Waals surface area contributed by atoms with Crippen LogP contribution in [0.25, 0.3) is 0 Å². The first-order chi connectivity index (χ1) is 14.8. The number of anilines is 2. The van der Waals surface area contributed by atoms with Crippen LogP contribution < -0.4 is 15.5 Å². The molecule has 0 aromatic heterocycles. The van der Waals surface area contributed by atoms with Crippen LogP contribution in [0.4, 0.5) is 11.4 Å². The molecule has 166 valence electrons. The molecular formula is C24H32N4O3. The molecule has 0 aliphatic carbocycles. The lowest BCUT2D eigenvalue weighted by Gasteiger charge is -2.35. The quantitative estimate of drug-likeness (QED) is 0.697. The molecule has 1 aliphatic heterocycles. The summed E-state index contributed by atoms with van der Waals surface area (Å²) >= 11 is 0. The molecule has 2 aromatic rings. The maximum Gasteiger partial charge on any atom is 0.313 e. The Bertz CT molecular complexity index is 906. The maximum absolute atomic E-state index is 12.5. The van der Waals surface area contributed by atoms with Gasteiger partial charge in [0, 0.05) is 45.1 Å². The van der Waals surface area contributed by atoms with E-state index in [0.29, 0.717) is 25.4 Å². The Labute approximate surface area is 184 Å². The number of hydrogen-bond donors (Lipinski definition) is 2. The molecule has 7 heteroatoms. The summed E-state index contributed by atoms with van der Waals surface area (Å²) in [6.07, 6.45) is 0. The zero-order valence-corrected chi connectivity index (χ0v) is 18.8. The summed E-state index contributed by atoms with van der Waals surface area (Å²) in [7, 11) is 4.01. The predicted octanol–water partition coefficient (Wildman–Crippen LogP) is 2.50. The van der Waals surface area contributed by atoms with Gasteiger partial charge in [0.1, 0.15) is 0 Å². The summed E-state index contributed by atoms with van der Waals surface area (Å²) in [5, 5.41) is 5.53. The average molecular weight is 425 g/mol. The number of aryl methyl sites for hydroxylation is 2. The van der Waals surface area contributed by atoms with E-state index in [1.807, 2.05) is 51.0 Å². The van der Waals surface area contributed by atoms with Crippen LogP contribution in [0.3, 0.4) is 0 Å². The second kappa shape index (κ2) is 10.4. The van der Waals surface area contributed by atoms with Gasteiger partial charge in [-0.05, 0) is 43.2 Å². The molecule has 0 bridgehead atoms. The molecule has 0 radical (unpaired) electrons. The Morgan fingerprint density at radius 3 is 2.32 bits per heavy atom. The van der Waals surface area contributed by atoms with E-state index >= 15 is 0 Å². The van der Waals surface area contributed by atoms with Crippen LogP contribution >= 0.6 is 0 Å². The van der Waals surface area contributed by atoms with Crippen molar-refractivity contribution >= 4 is 23.2 Å². The van der Waals surface area contributed by atoms with E-state index in [-0.39, 0.29) is 6.04 Å². The molecule has 0 spiro atoms. The number of carbonyl (C=O) groups is 2. The Morgan fingerprint density at radius 2 is 1.71 bits per heavy atom. The maximum atomic E-state index is 12.5. The number of morpholine rings is 1. The summed E-state index contributed by atoms with van der Waals surface area (Å²) in [5.74, 6) is -1.29. The third-order valence-electron chi connectivity index (χ3n) is 5.57. The SMILES string of the molecule is Cc1ccc(NC(=O)C(=O)NC[C@@H](c2ccc(N(C)C)cc2)N2CCOCC2)c(C)c1. The molecule has 1 aliphatic rings. The van der Waals surface area contributed by atoms with Crippen molar-refractivity contribution in [2.24, 2.45) is 0 Å². The van der Waals surface area contributed by atoms with Crippen LogP contribution in [-0.2, 0) is 14.3 Å². The lowest BCUT2D eigenvalue weighted by atomic mass is 10.0. The zero-order valence-electron chi connectivity index (χ0n) is 18.8. The highest BCUT2D eigenvalue weighted by Gasteiger charge is 2.24. The standard InChI is InChI=1S/C24H32N4O3/c1-17-5-10-21(18(2)15-17)26-24(30)23(29)25-16-22(28-11-13-31-14-12-28)19-6-8-20(9-7-19)27(3)4/h5-10,15,22H,11-14,16H2,1-4H3,(H,25,29)(H,26,30)/t22-/m0/s1. The van der Waals surface area contributed by atoms with Crippen LogP contribution in [0.2, 0.25) is 0 Å². The van der Waals surface area contributed by atoms with Crippen LogP contribution in [0.1, 0.15) is 22.7 Å². The van der Waals surface area contributed by atoms with Gasteiger partial charge >= 0.3 is 11.8 Å². The van der Waals surface area contributed by atoms with E-state index in [1.54, 1.807) is 0 Å². The minimum Gasteiger partial charge on any atom is -0.379 e. The van der Waals surface area contributed by atoms with Gasteiger partial charge < -0.3 is 20.3 Å². The third kappa shape index (κ3) is 6.06. The second-order valence-corrected chi connectivity index (χ2v) is 8.13. The normalized spacial score (nSPS) is 15.2. The van der Waals surface area contributed by atoms with Gasteiger partial charge in [-0.2, -0.15) is 0 Å². The van der Waals surface area contributed by atoms with E-state index in [0.717, 1.165) is 35.5 Å². The topological polar surface area (TPSA) is 73.9 Å². The minimum atomic E-state index is -0.657. The Hall–Kier alpha value is -2.90. The lowest BCUT2D eigenvalue weighted by molar-refractivity contribution is -0.136. The van der Waals surface area contributed by atoms with E-state index in [2.05, 4.69) is 39.8 Å². The van der Waals surface area contributed by atoms with Gasteiger partial charge in [0.25, 0.3) is 0 Å². The van der Waals surface area contributed by atoms with Crippen molar-refractivity contribution in [3.8, 4) is 0 Å². The molecule has 1 atom stereocenters. The Kier molecular flexibility index (Phi) is 7.65. The van der Waals surface area contributed by atoms with Gasteiger partial charge in [0.15, 0.2) is 0 Å². The van der Waals surface area contributed by atoms with Crippen LogP contribution in [-0.4, -0.2) is 63.7 Å². The summed E-state index contributed by atoms with van der Waals surface area (Å²) in [5.41, 5.74) is 4.89. The number of nitrogens with zero attached hydrogens (tertiary/aromatic N) is 2. The summed E-state index contributed by atoms with van der Waals surface area (Å²) < 4.78 is 5.49. The first-order valence-corrected chi connectivity index (χ1v) is 10.6. The van der Waals surface area contributed by atoms with E-state index in [9.17, 15) is 9.59 Å². The fraction of sp³-hybridized carbons (Fsp3) is 0.417. The molecule has 2 aromatic carbocycles. The van der Waals surface area contributed by atoms with Crippen molar-refractivity contribution in [2.75, 3.05) is 57.2 Å². The van der Waals surface area contributed by atoms with Crippen molar-refractivity contribution < 1.29 is 14.3 Å². The molecule has 7 nitrogen and oxygen atoms in total. The lowest BCUT2D eigenvalue weighted by Crippen LogP contribution is -2.45. The number of amides is 2. The number of nitrogens with one attached hydrogen (secondary N) is 2. The number of benzene rings is 2. The highest BCUT2D eigenvalue weighted by atomic mass is 16.5. The fourth-order valence-electron chi connectivity index (χ4n) is 3.74. The third-order valence-corrected chi connectivity index (χ3v) is 5.57. The molecule has 0 saturated carbocycles. The highest BCUT2D eigenvalue weighted by Crippen LogP contribution is 2.24. The first kappa shape index (κ1) is 22.8. The molecule has 1 heterocycles. The van der Waals surface area contributed by atoms with Gasteiger partial charge in [-0.15, -0.1) is 0 Å². The van der Waals surface area contributed by atoms with Gasteiger partial charge in [-0.1, -0.05) is 29.8 Å². The fourth-order valence-corrected chi connectivity index (χ4v) is 3.74. The molecule has 2 amide bonds. The summed E-state index contributed by atoms with van der Waals surface area (Å²) in [4.78, 5) is 29.3. The largest absolute Gasteiger partial charge is 0.379 e. The van der Waals surface area contributed by atoms with Crippen molar-refractivity contribution in [2.45, 2.75) is 19.9 Å². The summed E-state index contributed by atoms with van der Waals surface area (Å²) in [6.45, 7) is 7.13. The summed E-state index contributed by atoms with van der Waals surface area (Å²) in [6, 6.07) is 14.0. The highest BCUT2D eigenvalue weighted by molar-refractivity contribution is 6.39. The average Bonchev–Trinajstić information content (AvgIpc) is 2.76. The first-order valence-electron chi connectivity index (χ1n) is 10.6. The Morgan fingerprint density at radius 1 is 1.03 bits per heavy atom. The molecule has 0 unspecified atom stereocenters. The van der Waals surface area contributed by atoms with Crippen molar-refractivity contribution in [1.29, 1.82) is 0 Å². The van der Waals surface area contributed by atoms with Gasteiger partial charge in [-0.3, -0.25) is 14.5 Å². The van der Waals surface area contributed by atoms with E-state index in [4.69, 9.17) is 4.74 Å². The molecule has 3 rings (SSSR count). The van der Waals surface area contributed by atoms with Gasteiger partial charge in [0.2, 0.25) is 0 Å². The molecule has 2 N–H and O–H groups in total. The molecule has 1 saturated heterocycles. The van der Waals surface area contributed by atoms with Crippen molar-refractivity contribution in [3.05, 3.63) is 59.2 Å². The van der Waals surface area contributed by atoms with E-state index < -0.39 is 11.8 Å². The smallest absolute Gasteiger partial charge is 0.313 e. The van der Waals surface area contributed by atoms with Crippen LogP contribution in [0.5, 0.6) is 0 Å². The van der Waals surface area contributed by atoms with Crippen LogP contribution in [0, 0.1) is 13.8 Å². The second-order valence-electron chi connectivity index (χ2n) is 8.13. The van der Waals surface area contributed by atoms with E-state index in [1.165, 1.54) is 0 Å². The van der Waals surface area contributed by atoms with Gasteiger partial charge in [-0.25, -0.2) is 0 Å². The van der Waals surface area contributed by atoms with Crippen molar-refractivity contribution in [3.63, 3.8) is 0 Å². The molecule has 31 heavy (non-hydrogen) atoms. The number of ether oxygens (including phenoxy) is 1. The number of hydrogen-bond acceptors (Lipinski definition) is 5. The minimum absolute atomic E-state index is 0.0297. The van der Waals surface area contributed by atoms with Crippen molar-refractivity contribution in [1.82, 2.24) is 10.2 Å². The van der Waals surface area contributed by atoms with Gasteiger partial charge in [0.05, 0.1) is 19.3 Å². The predicted molar refractivity (Wildman–Crippen MR) is 123 cm³/mol. The van der Waals surface area contributed by atoms with Crippen LogP contribution in [0.15, 0.2) is 42.5 Å². The monoisotopic (exact) mass is 424 g/mol. The number of rotatable bonds is 6.